The van der Waals surface area contributed by atoms with Gasteiger partial charge in [0, 0.05) is 11.7 Å². The lowest BCUT2D eigenvalue weighted by molar-refractivity contribution is 0.421. The molecule has 0 saturated carbocycles. The predicted octanol–water partition coefficient (Wildman–Crippen LogP) is 3.34. The van der Waals surface area contributed by atoms with Crippen LogP contribution in [0.3, 0.4) is 0 Å². The Hall–Kier alpha value is -0.540. The van der Waals surface area contributed by atoms with Gasteiger partial charge in [0.2, 0.25) is 0 Å². The van der Waals surface area contributed by atoms with E-state index in [-0.39, 0.29) is 5.54 Å². The summed E-state index contributed by atoms with van der Waals surface area (Å²) in [5.41, 5.74) is 0.244. The number of hydrogen-bond donors (Lipinski definition) is 1. The van der Waals surface area contributed by atoms with Crippen LogP contribution in [-0.4, -0.2) is 22.8 Å². The lowest BCUT2D eigenvalue weighted by atomic mass is 10.1. The molecule has 1 N–H and O–H groups in total. The van der Waals surface area contributed by atoms with Gasteiger partial charge in [0.1, 0.15) is 0 Å². The van der Waals surface area contributed by atoms with Crippen LogP contribution >= 0.6 is 11.8 Å². The summed E-state index contributed by atoms with van der Waals surface area (Å²) in [5, 5.41) is 4.63. The average Bonchev–Trinajstić information content (AvgIpc) is 2.23. The molecule has 1 heterocycles. The molecular formula is C13H22N2S. The zero-order chi connectivity index (χ0) is 11.9. The zero-order valence-corrected chi connectivity index (χ0v) is 11.3. The molecule has 0 aliphatic carbocycles. The second-order valence-corrected chi connectivity index (χ2v) is 6.02. The molecule has 0 aliphatic heterocycles. The van der Waals surface area contributed by atoms with Crippen LogP contribution in [0.5, 0.6) is 0 Å². The zero-order valence-electron chi connectivity index (χ0n) is 10.5. The quantitative estimate of drug-likeness (QED) is 0.608. The van der Waals surface area contributed by atoms with E-state index < -0.39 is 0 Å². The smallest absolute Gasteiger partial charge is 0.0959 e. The third kappa shape index (κ3) is 6.85. The van der Waals surface area contributed by atoms with Crippen molar-refractivity contribution in [2.45, 2.75) is 44.2 Å². The van der Waals surface area contributed by atoms with Gasteiger partial charge in [0.05, 0.1) is 5.03 Å². The molecule has 90 valence electrons. The predicted molar refractivity (Wildman–Crippen MR) is 72.0 cm³/mol. The largest absolute Gasteiger partial charge is 0.312 e. The highest BCUT2D eigenvalue weighted by Gasteiger charge is 2.06. The van der Waals surface area contributed by atoms with E-state index in [0.29, 0.717) is 0 Å². The normalized spacial score (nSPS) is 11.7. The summed E-state index contributed by atoms with van der Waals surface area (Å²) in [6.07, 6.45) is 4.32. The van der Waals surface area contributed by atoms with Crippen LogP contribution in [0, 0.1) is 0 Å². The first-order valence-electron chi connectivity index (χ1n) is 5.87. The third-order valence-electron chi connectivity index (χ3n) is 2.11. The lowest BCUT2D eigenvalue weighted by Crippen LogP contribution is -2.36. The number of nitrogens with zero attached hydrogens (tertiary/aromatic N) is 1. The van der Waals surface area contributed by atoms with E-state index in [1.165, 1.54) is 12.8 Å². The Morgan fingerprint density at radius 3 is 2.69 bits per heavy atom. The summed E-state index contributed by atoms with van der Waals surface area (Å²) in [6.45, 7) is 7.72. The van der Waals surface area contributed by atoms with E-state index in [4.69, 9.17) is 0 Å². The first-order chi connectivity index (χ1) is 7.58. The molecule has 1 aromatic heterocycles. The Morgan fingerprint density at radius 1 is 1.25 bits per heavy atom. The molecule has 0 bridgehead atoms. The Balaban J connectivity index is 2.01. The fraction of sp³-hybridized carbons (Fsp3) is 0.615. The van der Waals surface area contributed by atoms with Gasteiger partial charge in [-0.25, -0.2) is 4.98 Å². The fourth-order valence-corrected chi connectivity index (χ4v) is 2.17. The first-order valence-corrected chi connectivity index (χ1v) is 6.85. The maximum atomic E-state index is 4.28. The molecular weight excluding hydrogens is 216 g/mol. The minimum absolute atomic E-state index is 0.244. The average molecular weight is 238 g/mol. The van der Waals surface area contributed by atoms with Crippen LogP contribution in [0.1, 0.15) is 33.6 Å². The van der Waals surface area contributed by atoms with Crippen LogP contribution in [-0.2, 0) is 0 Å². The number of aromatic nitrogens is 1. The van der Waals surface area contributed by atoms with Crippen LogP contribution < -0.4 is 5.32 Å². The summed E-state index contributed by atoms with van der Waals surface area (Å²) in [6, 6.07) is 6.06. The molecule has 0 fully saturated rings. The van der Waals surface area contributed by atoms with Gasteiger partial charge in [0.15, 0.2) is 0 Å². The highest BCUT2D eigenvalue weighted by atomic mass is 32.2. The second kappa shape index (κ2) is 6.92. The van der Waals surface area contributed by atoms with Gasteiger partial charge in [-0.15, -0.1) is 11.8 Å². The highest BCUT2D eigenvalue weighted by Crippen LogP contribution is 2.15. The molecule has 0 unspecified atom stereocenters. The summed E-state index contributed by atoms with van der Waals surface area (Å²) in [7, 11) is 0. The second-order valence-electron chi connectivity index (χ2n) is 4.90. The lowest BCUT2D eigenvalue weighted by Gasteiger charge is -2.20. The van der Waals surface area contributed by atoms with E-state index in [2.05, 4.69) is 37.1 Å². The van der Waals surface area contributed by atoms with Gasteiger partial charge in [-0.2, -0.15) is 0 Å². The van der Waals surface area contributed by atoms with Gasteiger partial charge in [0.25, 0.3) is 0 Å². The van der Waals surface area contributed by atoms with Crippen LogP contribution in [0.4, 0.5) is 0 Å². The van der Waals surface area contributed by atoms with Crippen LogP contribution in [0.2, 0.25) is 0 Å². The summed E-state index contributed by atoms with van der Waals surface area (Å²) < 4.78 is 0. The van der Waals surface area contributed by atoms with E-state index in [1.54, 1.807) is 0 Å². The van der Waals surface area contributed by atoms with Gasteiger partial charge >= 0.3 is 0 Å². The maximum absolute atomic E-state index is 4.28. The topological polar surface area (TPSA) is 24.9 Å². The Bertz CT molecular complexity index is 280. The number of nitrogens with one attached hydrogen (secondary N) is 1. The van der Waals surface area contributed by atoms with Crippen molar-refractivity contribution in [1.29, 1.82) is 0 Å². The molecule has 1 aromatic rings. The van der Waals surface area contributed by atoms with E-state index >= 15 is 0 Å². The maximum Gasteiger partial charge on any atom is 0.0959 e. The molecule has 3 heteroatoms. The molecule has 1 rings (SSSR count). The number of thioether (sulfide) groups is 1. The van der Waals surface area contributed by atoms with Crippen molar-refractivity contribution >= 4 is 11.8 Å². The van der Waals surface area contributed by atoms with Crippen LogP contribution in [0.25, 0.3) is 0 Å². The molecule has 16 heavy (non-hydrogen) atoms. The molecule has 0 saturated heterocycles. The SMILES string of the molecule is CC(C)(C)NCCCCSc1ccccn1. The minimum Gasteiger partial charge on any atom is -0.312 e. The van der Waals surface area contributed by atoms with Gasteiger partial charge in [-0.3, -0.25) is 0 Å². The Morgan fingerprint density at radius 2 is 2.06 bits per heavy atom. The van der Waals surface area contributed by atoms with Crippen molar-refractivity contribution in [3.63, 3.8) is 0 Å². The molecule has 0 atom stereocenters. The monoisotopic (exact) mass is 238 g/mol. The molecule has 0 amide bonds. The summed E-state index contributed by atoms with van der Waals surface area (Å²) in [5.74, 6) is 1.16. The van der Waals surface area contributed by atoms with Gasteiger partial charge in [-0.05, 0) is 58.0 Å². The molecule has 0 spiro atoms. The number of unbranched alkanes of at least 4 members (excludes halogenated alkanes) is 1. The van der Waals surface area contributed by atoms with Crippen molar-refractivity contribution < 1.29 is 0 Å². The molecule has 0 aromatic carbocycles. The van der Waals surface area contributed by atoms with Gasteiger partial charge < -0.3 is 5.32 Å². The van der Waals surface area contributed by atoms with E-state index in [9.17, 15) is 0 Å². The van der Waals surface area contributed by atoms with Crippen molar-refractivity contribution in [1.82, 2.24) is 10.3 Å². The van der Waals surface area contributed by atoms with Crippen molar-refractivity contribution in [3.05, 3.63) is 24.4 Å². The van der Waals surface area contributed by atoms with Crippen molar-refractivity contribution in [2.75, 3.05) is 12.3 Å². The van der Waals surface area contributed by atoms with E-state index in [0.717, 1.165) is 17.3 Å². The molecule has 2 nitrogen and oxygen atoms in total. The minimum atomic E-state index is 0.244. The van der Waals surface area contributed by atoms with Crippen molar-refractivity contribution in [2.24, 2.45) is 0 Å². The fourth-order valence-electron chi connectivity index (χ4n) is 1.30. The number of rotatable bonds is 6. The van der Waals surface area contributed by atoms with Crippen molar-refractivity contribution in [3.8, 4) is 0 Å². The van der Waals surface area contributed by atoms with Crippen LogP contribution in [0.15, 0.2) is 29.4 Å². The summed E-state index contributed by atoms with van der Waals surface area (Å²) >= 11 is 1.84. The number of pyridine rings is 1. The number of hydrogen-bond acceptors (Lipinski definition) is 3. The molecule has 0 radical (unpaired) electrons. The summed E-state index contributed by atoms with van der Waals surface area (Å²) in [4.78, 5) is 4.28. The third-order valence-corrected chi connectivity index (χ3v) is 3.14. The van der Waals surface area contributed by atoms with E-state index in [1.807, 2.05) is 30.1 Å². The van der Waals surface area contributed by atoms with Gasteiger partial charge in [-0.1, -0.05) is 6.07 Å². The Kier molecular flexibility index (Phi) is 5.85. The molecule has 0 aliphatic rings. The first kappa shape index (κ1) is 13.5. The Labute approximate surface area is 103 Å². The highest BCUT2D eigenvalue weighted by molar-refractivity contribution is 7.99. The standard InChI is InChI=1S/C13H22N2S/c1-13(2,3)15-10-6-7-11-16-12-8-4-5-9-14-12/h4-5,8-9,15H,6-7,10-11H2,1-3H3.